The molecule has 0 fully saturated rings. The Labute approximate surface area is 157 Å². The first-order valence-corrected chi connectivity index (χ1v) is 8.62. The number of urea groups is 1. The molecule has 0 atom stereocenters. The smallest absolute Gasteiger partial charge is 0.351 e. The van der Waals surface area contributed by atoms with Crippen LogP contribution in [0.1, 0.15) is 15.9 Å². The van der Waals surface area contributed by atoms with Crippen molar-refractivity contribution in [2.24, 2.45) is 0 Å². The van der Waals surface area contributed by atoms with Gasteiger partial charge in [0.15, 0.2) is 5.58 Å². The second-order valence-corrected chi connectivity index (χ2v) is 6.80. The molecule has 3 aromatic rings. The monoisotopic (exact) mass is 388 g/mol. The van der Waals surface area contributed by atoms with Gasteiger partial charge < -0.3 is 19.6 Å². The van der Waals surface area contributed by atoms with Gasteiger partial charge in [-0.1, -0.05) is 0 Å². The molecule has 2 heterocycles. The molecule has 0 unspecified atom stereocenters. The van der Waals surface area contributed by atoms with Gasteiger partial charge in [0.2, 0.25) is 0 Å². The molecule has 2 aromatic heterocycles. The lowest BCUT2D eigenvalue weighted by atomic mass is 10.2. The number of methoxy groups -OCH3 is 1. The fraction of sp³-hybridized carbons (Fsp3) is 0.167. The van der Waals surface area contributed by atoms with Crippen LogP contribution in [0.5, 0.6) is 5.75 Å². The number of aryl methyl sites for hydroxylation is 1. The quantitative estimate of drug-likeness (QED) is 0.708. The lowest BCUT2D eigenvalue weighted by molar-refractivity contribution is 0.0692. The zero-order valence-electron chi connectivity index (χ0n) is 14.7. The standard InChI is InChI=1S/C18H16N2O6S/c1-9-6-10(4-5-12(9)25-3)19-18(24)20(2)15-8-13-14(27-15)7-11(16(21)22)17(23)26-13/h4-8H,1-3H3,(H,19,24)(H,21,22). The molecule has 0 bridgehead atoms. The predicted octanol–water partition coefficient (Wildman–Crippen LogP) is 3.54. The van der Waals surface area contributed by atoms with Gasteiger partial charge >= 0.3 is 17.6 Å². The van der Waals surface area contributed by atoms with E-state index in [0.29, 0.717) is 15.4 Å². The zero-order chi connectivity index (χ0) is 19.7. The maximum Gasteiger partial charge on any atom is 0.351 e. The average molecular weight is 388 g/mol. The summed E-state index contributed by atoms with van der Waals surface area (Å²) in [5.74, 6) is -0.642. The number of carboxylic acid groups (broad SMARTS) is 1. The fourth-order valence-electron chi connectivity index (χ4n) is 2.48. The van der Waals surface area contributed by atoms with Crippen LogP contribution in [-0.4, -0.2) is 31.3 Å². The summed E-state index contributed by atoms with van der Waals surface area (Å²) in [5, 5.41) is 12.3. The summed E-state index contributed by atoms with van der Waals surface area (Å²) in [6, 6.07) is 7.63. The molecule has 1 aromatic carbocycles. The Morgan fingerprint density at radius 1 is 1.26 bits per heavy atom. The Hall–Kier alpha value is -3.33. The van der Waals surface area contributed by atoms with Crippen LogP contribution in [0.15, 0.2) is 39.5 Å². The van der Waals surface area contributed by atoms with Crippen molar-refractivity contribution < 1.29 is 23.8 Å². The maximum atomic E-state index is 12.5. The van der Waals surface area contributed by atoms with Gasteiger partial charge in [-0.25, -0.2) is 14.4 Å². The van der Waals surface area contributed by atoms with Crippen molar-refractivity contribution in [2.45, 2.75) is 6.92 Å². The van der Waals surface area contributed by atoms with Gasteiger partial charge in [0.25, 0.3) is 0 Å². The molecule has 2 N–H and O–H groups in total. The van der Waals surface area contributed by atoms with Crippen LogP contribution >= 0.6 is 11.3 Å². The van der Waals surface area contributed by atoms with Gasteiger partial charge in [-0.05, 0) is 36.8 Å². The van der Waals surface area contributed by atoms with Crippen LogP contribution in [0.2, 0.25) is 0 Å². The number of nitrogens with zero attached hydrogens (tertiary/aromatic N) is 1. The highest BCUT2D eigenvalue weighted by molar-refractivity contribution is 7.22. The van der Waals surface area contributed by atoms with Crippen LogP contribution in [0.25, 0.3) is 10.3 Å². The second-order valence-electron chi connectivity index (χ2n) is 5.74. The molecule has 0 saturated heterocycles. The van der Waals surface area contributed by atoms with E-state index in [1.165, 1.54) is 17.0 Å². The highest BCUT2D eigenvalue weighted by atomic mass is 32.1. The molecule has 0 aliphatic heterocycles. The van der Waals surface area contributed by atoms with Gasteiger partial charge in [0, 0.05) is 18.8 Å². The SMILES string of the molecule is COc1ccc(NC(=O)N(C)c2cc3oc(=O)c(C(=O)O)cc3s2)cc1C. The third-order valence-corrected chi connectivity index (χ3v) is 5.06. The number of benzene rings is 1. The highest BCUT2D eigenvalue weighted by Gasteiger charge is 2.18. The third-order valence-electron chi connectivity index (χ3n) is 3.92. The van der Waals surface area contributed by atoms with Crippen molar-refractivity contribution in [2.75, 3.05) is 24.4 Å². The molecule has 0 saturated carbocycles. The number of fused-ring (bicyclic) bond motifs is 1. The molecule has 0 radical (unpaired) electrons. The largest absolute Gasteiger partial charge is 0.496 e. The van der Waals surface area contributed by atoms with Gasteiger partial charge in [-0.3, -0.25) is 4.90 Å². The Kier molecular flexibility index (Phi) is 4.87. The average Bonchev–Trinajstić information content (AvgIpc) is 3.03. The zero-order valence-corrected chi connectivity index (χ0v) is 15.5. The van der Waals surface area contributed by atoms with Crippen molar-refractivity contribution in [1.82, 2.24) is 0 Å². The summed E-state index contributed by atoms with van der Waals surface area (Å²) in [5.41, 5.74) is 0.329. The maximum absolute atomic E-state index is 12.5. The van der Waals surface area contributed by atoms with E-state index in [4.69, 9.17) is 14.3 Å². The molecule has 0 spiro atoms. The van der Waals surface area contributed by atoms with E-state index in [9.17, 15) is 14.4 Å². The molecule has 0 aliphatic rings. The van der Waals surface area contributed by atoms with Crippen LogP contribution in [0.3, 0.4) is 0 Å². The van der Waals surface area contributed by atoms with E-state index in [-0.39, 0.29) is 5.58 Å². The van der Waals surface area contributed by atoms with E-state index < -0.39 is 23.2 Å². The summed E-state index contributed by atoms with van der Waals surface area (Å²) >= 11 is 1.14. The first-order valence-electron chi connectivity index (χ1n) is 7.80. The number of ether oxygens (including phenoxy) is 1. The number of aromatic carboxylic acids is 1. The minimum Gasteiger partial charge on any atom is -0.496 e. The number of hydrogen-bond acceptors (Lipinski definition) is 6. The number of thiophene rings is 1. The lowest BCUT2D eigenvalue weighted by Gasteiger charge is -2.16. The van der Waals surface area contributed by atoms with Crippen molar-refractivity contribution in [1.29, 1.82) is 0 Å². The molecule has 0 aliphatic carbocycles. The van der Waals surface area contributed by atoms with Gasteiger partial charge in [0.1, 0.15) is 16.3 Å². The number of anilines is 2. The summed E-state index contributed by atoms with van der Waals surface area (Å²) < 4.78 is 10.7. The van der Waals surface area contributed by atoms with E-state index >= 15 is 0 Å². The second kappa shape index (κ2) is 7.12. The topological polar surface area (TPSA) is 109 Å². The lowest BCUT2D eigenvalue weighted by Crippen LogP contribution is -2.30. The predicted molar refractivity (Wildman–Crippen MR) is 102 cm³/mol. The number of carboxylic acids is 1. The van der Waals surface area contributed by atoms with Crippen molar-refractivity contribution in [3.8, 4) is 5.75 Å². The van der Waals surface area contributed by atoms with Crippen molar-refractivity contribution >= 4 is 44.3 Å². The van der Waals surface area contributed by atoms with Crippen LogP contribution in [0, 0.1) is 6.92 Å². The highest BCUT2D eigenvalue weighted by Crippen LogP contribution is 2.32. The van der Waals surface area contributed by atoms with E-state index in [1.807, 2.05) is 6.92 Å². The first-order chi connectivity index (χ1) is 12.8. The molecular formula is C18H16N2O6S. The van der Waals surface area contributed by atoms with Crippen molar-refractivity contribution in [3.63, 3.8) is 0 Å². The van der Waals surface area contributed by atoms with E-state index in [1.54, 1.807) is 32.4 Å². The number of carbonyl (C=O) groups is 2. The molecular weight excluding hydrogens is 372 g/mol. The number of nitrogens with one attached hydrogen (secondary N) is 1. The Morgan fingerprint density at radius 3 is 2.63 bits per heavy atom. The van der Waals surface area contributed by atoms with Crippen LogP contribution in [0.4, 0.5) is 15.5 Å². The van der Waals surface area contributed by atoms with Crippen LogP contribution < -0.4 is 20.6 Å². The third kappa shape index (κ3) is 3.63. The molecule has 3 rings (SSSR count). The number of carbonyl (C=O) groups excluding carboxylic acids is 1. The normalized spacial score (nSPS) is 10.6. The minimum atomic E-state index is -1.36. The first kappa shape index (κ1) is 18.5. The number of hydrogen-bond donors (Lipinski definition) is 2. The summed E-state index contributed by atoms with van der Waals surface area (Å²) in [7, 11) is 3.14. The molecule has 9 heteroatoms. The van der Waals surface area contributed by atoms with Crippen LogP contribution in [-0.2, 0) is 0 Å². The Balaban J connectivity index is 1.85. The minimum absolute atomic E-state index is 0.227. The summed E-state index contributed by atoms with van der Waals surface area (Å²) in [6.45, 7) is 1.87. The molecule has 8 nitrogen and oxygen atoms in total. The fourth-order valence-corrected chi connectivity index (χ4v) is 3.47. The Morgan fingerprint density at radius 2 is 2.00 bits per heavy atom. The van der Waals surface area contributed by atoms with Gasteiger partial charge in [0.05, 0.1) is 11.8 Å². The van der Waals surface area contributed by atoms with Crippen molar-refractivity contribution in [3.05, 3.63) is 51.9 Å². The Bertz CT molecular complexity index is 1100. The summed E-state index contributed by atoms with van der Waals surface area (Å²) in [4.78, 5) is 36.6. The summed E-state index contributed by atoms with van der Waals surface area (Å²) in [6.07, 6.45) is 0. The number of rotatable bonds is 4. The molecule has 140 valence electrons. The molecule has 27 heavy (non-hydrogen) atoms. The van der Waals surface area contributed by atoms with E-state index in [0.717, 1.165) is 22.6 Å². The number of amides is 2. The van der Waals surface area contributed by atoms with Gasteiger partial charge in [-0.15, -0.1) is 11.3 Å². The van der Waals surface area contributed by atoms with Gasteiger partial charge in [-0.2, -0.15) is 0 Å². The van der Waals surface area contributed by atoms with E-state index in [2.05, 4.69) is 5.32 Å². The molecule has 2 amide bonds.